The summed E-state index contributed by atoms with van der Waals surface area (Å²) in [5.41, 5.74) is 9.21. The highest BCUT2D eigenvalue weighted by molar-refractivity contribution is 5.63. The van der Waals surface area contributed by atoms with E-state index in [-0.39, 0.29) is 23.7 Å². The summed E-state index contributed by atoms with van der Waals surface area (Å²) in [4.78, 5) is 0. The largest absolute Gasteiger partial charge is 0.496 e. The third kappa shape index (κ3) is 18.6. The monoisotopic (exact) mass is 1100 g/mol. The van der Waals surface area contributed by atoms with Crippen molar-refractivity contribution in [1.29, 1.82) is 0 Å². The van der Waals surface area contributed by atoms with Crippen LogP contribution < -0.4 is 37.9 Å². The molecule has 8 bridgehead atoms. The third-order valence-electron chi connectivity index (χ3n) is 17.7. The maximum absolute atomic E-state index is 6.54. The van der Waals surface area contributed by atoms with Gasteiger partial charge in [0.15, 0.2) is 0 Å². The van der Waals surface area contributed by atoms with Crippen molar-refractivity contribution in [3.05, 3.63) is 93.0 Å². The number of methoxy groups -OCH3 is 8. The number of ether oxygens (including phenoxy) is 8. The van der Waals surface area contributed by atoms with E-state index in [1.807, 2.05) is 56.9 Å². The lowest BCUT2D eigenvalue weighted by atomic mass is 9.76. The van der Waals surface area contributed by atoms with Crippen molar-refractivity contribution < 1.29 is 37.9 Å². The standard InChI is InChI=1S/C72H112O8/c1-13-17-21-25-29-33-37-41-53-57-45-59(67(75-7)49-65(57)73-5)54(42-38-34-30-26-22-18-14-2)61-47-63(71(79-11)51-69(61)77-9)56(44-40-36-32-28-24-20-16-4)64-48-62(70(78-10)52-72(64)80-12)55(43-39-35-31-27-23-19-15-3)60-46-58(53)66(74-6)50-68(60)76-8/h45-56H,13-44H2,1-12H3. The number of rotatable bonds is 40. The number of benzene rings is 4. The lowest BCUT2D eigenvalue weighted by molar-refractivity contribution is 0.371. The van der Waals surface area contributed by atoms with Crippen molar-refractivity contribution >= 4 is 0 Å². The molecule has 0 saturated carbocycles. The molecule has 0 atom stereocenters. The predicted molar refractivity (Wildman–Crippen MR) is 336 cm³/mol. The van der Waals surface area contributed by atoms with Gasteiger partial charge in [0.05, 0.1) is 56.9 Å². The van der Waals surface area contributed by atoms with Crippen LogP contribution in [0.2, 0.25) is 0 Å². The van der Waals surface area contributed by atoms with E-state index < -0.39 is 0 Å². The topological polar surface area (TPSA) is 73.8 Å². The van der Waals surface area contributed by atoms with E-state index in [1.54, 1.807) is 0 Å². The maximum Gasteiger partial charge on any atom is 0.126 e. The van der Waals surface area contributed by atoms with Crippen molar-refractivity contribution in [1.82, 2.24) is 0 Å². The molecule has 448 valence electrons. The summed E-state index contributed by atoms with van der Waals surface area (Å²) >= 11 is 0. The van der Waals surface area contributed by atoms with Gasteiger partial charge in [-0.3, -0.25) is 0 Å². The fourth-order valence-electron chi connectivity index (χ4n) is 13.1. The van der Waals surface area contributed by atoms with Gasteiger partial charge in [-0.15, -0.1) is 0 Å². The van der Waals surface area contributed by atoms with E-state index in [0.29, 0.717) is 0 Å². The van der Waals surface area contributed by atoms with Crippen molar-refractivity contribution in [2.75, 3.05) is 56.9 Å². The summed E-state index contributed by atoms with van der Waals surface area (Å²) in [7, 11) is 14.5. The lowest BCUT2D eigenvalue weighted by Crippen LogP contribution is -2.15. The van der Waals surface area contributed by atoms with Crippen LogP contribution >= 0.6 is 0 Å². The van der Waals surface area contributed by atoms with Gasteiger partial charge in [0.1, 0.15) is 46.0 Å². The zero-order valence-corrected chi connectivity index (χ0v) is 52.8. The zero-order valence-electron chi connectivity index (χ0n) is 52.8. The Morgan fingerprint density at radius 3 is 0.475 bits per heavy atom. The Balaban J connectivity index is 1.93. The van der Waals surface area contributed by atoms with Gasteiger partial charge in [-0.25, -0.2) is 0 Å². The van der Waals surface area contributed by atoms with Gasteiger partial charge in [-0.1, -0.05) is 207 Å². The predicted octanol–water partition coefficient (Wildman–Crippen LogP) is 21.2. The summed E-state index contributed by atoms with van der Waals surface area (Å²) in [6, 6.07) is 18.5. The first kappa shape index (κ1) is 66.1. The van der Waals surface area contributed by atoms with Gasteiger partial charge in [0.2, 0.25) is 0 Å². The molecule has 0 aromatic heterocycles. The van der Waals surface area contributed by atoms with Gasteiger partial charge in [0, 0.05) is 92.4 Å². The van der Waals surface area contributed by atoms with Crippen LogP contribution in [-0.2, 0) is 0 Å². The Bertz CT molecular complexity index is 1920. The van der Waals surface area contributed by atoms with Crippen molar-refractivity contribution in [3.8, 4) is 46.0 Å². The fraction of sp³-hybridized carbons (Fsp3) is 0.667. The average Bonchev–Trinajstić information content (AvgIpc) is 3.49. The minimum Gasteiger partial charge on any atom is -0.496 e. The molecule has 0 amide bonds. The van der Waals surface area contributed by atoms with Crippen molar-refractivity contribution in [2.24, 2.45) is 0 Å². The highest BCUT2D eigenvalue weighted by Gasteiger charge is 2.34. The van der Waals surface area contributed by atoms with Crippen LogP contribution in [0, 0.1) is 0 Å². The van der Waals surface area contributed by atoms with E-state index in [1.165, 1.54) is 128 Å². The molecule has 0 radical (unpaired) electrons. The second-order valence-electron chi connectivity index (χ2n) is 23.2. The molecule has 0 fully saturated rings. The lowest BCUT2D eigenvalue weighted by Gasteiger charge is -2.31. The number of fused-ring (bicyclic) bond motifs is 8. The van der Waals surface area contributed by atoms with Crippen LogP contribution in [0.5, 0.6) is 46.0 Å². The molecule has 0 saturated heterocycles. The third-order valence-corrected chi connectivity index (χ3v) is 17.7. The van der Waals surface area contributed by atoms with Crippen LogP contribution in [0.3, 0.4) is 0 Å². The molecule has 1 aliphatic carbocycles. The highest BCUT2D eigenvalue weighted by atomic mass is 16.5. The first-order valence-corrected chi connectivity index (χ1v) is 32.3. The van der Waals surface area contributed by atoms with Gasteiger partial charge in [-0.05, 0) is 49.9 Å². The molecule has 0 N–H and O–H groups in total. The molecule has 80 heavy (non-hydrogen) atoms. The molecule has 0 unspecified atom stereocenters. The van der Waals surface area contributed by atoms with Gasteiger partial charge in [-0.2, -0.15) is 0 Å². The highest BCUT2D eigenvalue weighted by Crippen LogP contribution is 2.53. The summed E-state index contributed by atoms with van der Waals surface area (Å²) in [6.07, 6.45) is 37.9. The Labute approximate surface area is 488 Å². The molecule has 8 heteroatoms. The first-order valence-electron chi connectivity index (χ1n) is 32.3. The molecular weight excluding hydrogens is 993 g/mol. The number of hydrogen-bond acceptors (Lipinski definition) is 8. The van der Waals surface area contributed by atoms with Crippen molar-refractivity contribution in [3.63, 3.8) is 0 Å². The van der Waals surface area contributed by atoms with Gasteiger partial charge < -0.3 is 37.9 Å². The van der Waals surface area contributed by atoms with E-state index in [2.05, 4.69) is 76.2 Å². The Kier molecular flexibility index (Phi) is 30.9. The van der Waals surface area contributed by atoms with Gasteiger partial charge in [0.25, 0.3) is 0 Å². The van der Waals surface area contributed by atoms with Crippen LogP contribution in [0.1, 0.15) is 301 Å². The molecule has 0 aliphatic heterocycles. The zero-order chi connectivity index (χ0) is 57.5. The molecule has 0 spiro atoms. The summed E-state index contributed by atoms with van der Waals surface area (Å²) in [6.45, 7) is 9.18. The fourth-order valence-corrected chi connectivity index (χ4v) is 13.1. The number of hydrogen-bond donors (Lipinski definition) is 0. The van der Waals surface area contributed by atoms with Crippen LogP contribution in [0.25, 0.3) is 0 Å². The van der Waals surface area contributed by atoms with E-state index in [9.17, 15) is 0 Å². The summed E-state index contributed by atoms with van der Waals surface area (Å²) in [5.74, 6) is 6.35. The molecule has 0 heterocycles. The van der Waals surface area contributed by atoms with E-state index >= 15 is 0 Å². The maximum atomic E-state index is 6.54. The Morgan fingerprint density at radius 1 is 0.200 bits per heavy atom. The molecule has 8 nitrogen and oxygen atoms in total. The molecule has 5 rings (SSSR count). The molecule has 4 aromatic carbocycles. The normalized spacial score (nSPS) is 15.8. The molecule has 1 aliphatic rings. The van der Waals surface area contributed by atoms with Gasteiger partial charge >= 0.3 is 0 Å². The minimum atomic E-state index is -0.0656. The van der Waals surface area contributed by atoms with Crippen LogP contribution in [0.4, 0.5) is 0 Å². The summed E-state index contributed by atoms with van der Waals surface area (Å²) in [5, 5.41) is 0. The second kappa shape index (κ2) is 37.4. The Hall–Kier alpha value is -4.72. The molecular formula is C72H112O8. The summed E-state index contributed by atoms with van der Waals surface area (Å²) < 4.78 is 52.3. The minimum absolute atomic E-state index is 0.0656. The average molecular weight is 1110 g/mol. The Morgan fingerprint density at radius 2 is 0.338 bits per heavy atom. The smallest absolute Gasteiger partial charge is 0.126 e. The SMILES string of the molecule is CCCCCCCCCC1c2cc(c(OC)cc2OC)C(CCCCCCCCC)c2cc(c(OC)cc2OC)C(CCCCCCCCC)c2cc(c(OC)cc2OC)C(CCCCCCCCC)c2cc1c(OC)cc2OC. The molecule has 4 aromatic rings. The number of unbranched alkanes of at least 4 members (excludes halogenated alkanes) is 24. The van der Waals surface area contributed by atoms with E-state index in [0.717, 1.165) is 168 Å². The quantitative estimate of drug-likeness (QED) is 0.0408. The van der Waals surface area contributed by atoms with E-state index in [4.69, 9.17) is 37.9 Å². The second-order valence-corrected chi connectivity index (χ2v) is 23.2. The van der Waals surface area contributed by atoms with Crippen LogP contribution in [0.15, 0.2) is 48.5 Å². The van der Waals surface area contributed by atoms with Crippen molar-refractivity contribution in [2.45, 2.75) is 257 Å². The van der Waals surface area contributed by atoms with Crippen LogP contribution in [-0.4, -0.2) is 56.9 Å². The first-order chi connectivity index (χ1) is 39.2.